The minimum atomic E-state index is -0.250. The zero-order chi connectivity index (χ0) is 13.7. The molecule has 0 spiro atoms. The lowest BCUT2D eigenvalue weighted by Crippen LogP contribution is -2.42. The molecule has 0 aliphatic carbocycles. The highest BCUT2D eigenvalue weighted by molar-refractivity contribution is 5.85. The second kappa shape index (κ2) is 8.22. The molecule has 5 heteroatoms. The van der Waals surface area contributed by atoms with Crippen LogP contribution in [0.2, 0.25) is 0 Å². The smallest absolute Gasteiger partial charge is 0.227 e. The summed E-state index contributed by atoms with van der Waals surface area (Å²) in [6.45, 7) is 4.88. The highest BCUT2D eigenvalue weighted by Gasteiger charge is 2.25. The number of piperidine rings is 1. The molecule has 1 amide bonds. The maximum absolute atomic E-state index is 13.2. The van der Waals surface area contributed by atoms with E-state index >= 15 is 0 Å². The zero-order valence-corrected chi connectivity index (χ0v) is 12.6. The van der Waals surface area contributed by atoms with Crippen LogP contribution in [0.4, 0.5) is 4.39 Å². The summed E-state index contributed by atoms with van der Waals surface area (Å²) in [6, 6.07) is 6.46. The Labute approximate surface area is 125 Å². The van der Waals surface area contributed by atoms with Crippen LogP contribution >= 0.6 is 12.4 Å². The Bertz CT molecular complexity index is 436. The summed E-state index contributed by atoms with van der Waals surface area (Å²) in [7, 11) is 0. The van der Waals surface area contributed by atoms with Crippen molar-refractivity contribution in [2.75, 3.05) is 19.6 Å². The lowest BCUT2D eigenvalue weighted by atomic mass is 9.98. The summed E-state index contributed by atoms with van der Waals surface area (Å²) < 4.78 is 13.2. The fourth-order valence-electron chi connectivity index (χ4n) is 2.52. The van der Waals surface area contributed by atoms with E-state index < -0.39 is 0 Å². The van der Waals surface area contributed by atoms with Gasteiger partial charge in [0.15, 0.2) is 0 Å². The number of halogens is 2. The third kappa shape index (κ3) is 4.46. The predicted octanol–water partition coefficient (Wildman–Crippen LogP) is 2.60. The van der Waals surface area contributed by atoms with E-state index in [9.17, 15) is 9.18 Å². The van der Waals surface area contributed by atoms with E-state index in [4.69, 9.17) is 0 Å². The van der Waals surface area contributed by atoms with Crippen molar-refractivity contribution in [3.8, 4) is 0 Å². The summed E-state index contributed by atoms with van der Waals surface area (Å²) in [5.41, 5.74) is 0.846. The molecule has 0 bridgehead atoms. The van der Waals surface area contributed by atoms with Gasteiger partial charge in [0.05, 0.1) is 5.92 Å². The first-order valence-electron chi connectivity index (χ1n) is 6.94. The summed E-state index contributed by atoms with van der Waals surface area (Å²) in [5, 5.41) is 3.26. The maximum atomic E-state index is 13.2. The summed E-state index contributed by atoms with van der Waals surface area (Å²) in [6.07, 6.45) is 2.00. The number of rotatable bonds is 4. The first-order valence-corrected chi connectivity index (χ1v) is 6.94. The van der Waals surface area contributed by atoms with Crippen LogP contribution in [0.1, 0.15) is 25.3 Å². The summed E-state index contributed by atoms with van der Waals surface area (Å²) in [5.74, 6) is 0.00144. The van der Waals surface area contributed by atoms with Gasteiger partial charge >= 0.3 is 0 Å². The molecule has 112 valence electrons. The van der Waals surface area contributed by atoms with Crippen molar-refractivity contribution in [1.29, 1.82) is 0 Å². The number of carbonyl (C=O) groups is 1. The molecule has 20 heavy (non-hydrogen) atoms. The number of hydrogen-bond donors (Lipinski definition) is 1. The molecule has 0 aromatic heterocycles. The molecule has 1 heterocycles. The average Bonchev–Trinajstić information content (AvgIpc) is 2.45. The van der Waals surface area contributed by atoms with Crippen molar-refractivity contribution in [2.24, 2.45) is 5.92 Å². The quantitative estimate of drug-likeness (QED) is 0.927. The SMILES string of the molecule is CCN(Cc1cccc(F)c1)C(=O)C1CCCNC1.Cl. The predicted molar refractivity (Wildman–Crippen MR) is 80.3 cm³/mol. The Morgan fingerprint density at radius 3 is 2.90 bits per heavy atom. The standard InChI is InChI=1S/C15H21FN2O.ClH/c1-2-18(11-12-5-3-7-14(16)9-12)15(19)13-6-4-8-17-10-13;/h3,5,7,9,13,17H,2,4,6,8,10-11H2,1H3;1H. The number of amides is 1. The van der Waals surface area contributed by atoms with E-state index in [0.717, 1.165) is 31.5 Å². The molecule has 1 saturated heterocycles. The van der Waals surface area contributed by atoms with Gasteiger partial charge in [-0.3, -0.25) is 4.79 Å². The molecular weight excluding hydrogens is 279 g/mol. The minimum absolute atomic E-state index is 0. The monoisotopic (exact) mass is 300 g/mol. The van der Waals surface area contributed by atoms with Crippen molar-refractivity contribution < 1.29 is 9.18 Å². The fourth-order valence-corrected chi connectivity index (χ4v) is 2.52. The molecular formula is C15H22ClFN2O. The Morgan fingerprint density at radius 2 is 2.30 bits per heavy atom. The van der Waals surface area contributed by atoms with Gasteiger partial charge in [-0.25, -0.2) is 4.39 Å². The number of nitrogens with zero attached hydrogens (tertiary/aromatic N) is 1. The normalized spacial score (nSPS) is 18.2. The highest BCUT2D eigenvalue weighted by atomic mass is 35.5. The molecule has 1 unspecified atom stereocenters. The van der Waals surface area contributed by atoms with Crippen LogP contribution in [-0.4, -0.2) is 30.4 Å². The summed E-state index contributed by atoms with van der Waals surface area (Å²) >= 11 is 0. The van der Waals surface area contributed by atoms with Gasteiger partial charge in [0.2, 0.25) is 5.91 Å². The van der Waals surface area contributed by atoms with Gasteiger partial charge in [0, 0.05) is 19.6 Å². The molecule has 0 saturated carbocycles. The molecule has 2 rings (SSSR count). The van der Waals surface area contributed by atoms with E-state index in [1.807, 2.05) is 17.9 Å². The fraction of sp³-hybridized carbons (Fsp3) is 0.533. The average molecular weight is 301 g/mol. The Morgan fingerprint density at radius 1 is 1.50 bits per heavy atom. The van der Waals surface area contributed by atoms with Crippen molar-refractivity contribution >= 4 is 18.3 Å². The molecule has 1 fully saturated rings. The van der Waals surface area contributed by atoms with Crippen LogP contribution in [0, 0.1) is 11.7 Å². The van der Waals surface area contributed by atoms with Gasteiger partial charge in [0.25, 0.3) is 0 Å². The lowest BCUT2D eigenvalue weighted by Gasteiger charge is -2.29. The van der Waals surface area contributed by atoms with Crippen LogP contribution in [0.3, 0.4) is 0 Å². The number of nitrogens with one attached hydrogen (secondary N) is 1. The van der Waals surface area contributed by atoms with Gasteiger partial charge in [0.1, 0.15) is 5.82 Å². The molecule has 3 nitrogen and oxygen atoms in total. The Balaban J connectivity index is 0.00000200. The Kier molecular flexibility index (Phi) is 6.96. The largest absolute Gasteiger partial charge is 0.338 e. The minimum Gasteiger partial charge on any atom is -0.338 e. The molecule has 1 atom stereocenters. The molecule has 1 aliphatic heterocycles. The van der Waals surface area contributed by atoms with E-state index in [0.29, 0.717) is 13.1 Å². The number of benzene rings is 1. The number of carbonyl (C=O) groups excluding carboxylic acids is 1. The van der Waals surface area contributed by atoms with Gasteiger partial charge in [-0.1, -0.05) is 12.1 Å². The van der Waals surface area contributed by atoms with Crippen LogP contribution in [0.5, 0.6) is 0 Å². The van der Waals surface area contributed by atoms with E-state index in [1.54, 1.807) is 6.07 Å². The van der Waals surface area contributed by atoms with Crippen molar-refractivity contribution in [2.45, 2.75) is 26.3 Å². The molecule has 1 aromatic rings. The van der Waals surface area contributed by atoms with E-state index in [-0.39, 0.29) is 30.0 Å². The van der Waals surface area contributed by atoms with Crippen LogP contribution in [0.25, 0.3) is 0 Å². The van der Waals surface area contributed by atoms with Crippen LogP contribution < -0.4 is 5.32 Å². The second-order valence-electron chi connectivity index (χ2n) is 5.03. The third-order valence-corrected chi connectivity index (χ3v) is 3.60. The number of hydrogen-bond acceptors (Lipinski definition) is 2. The molecule has 1 aliphatic rings. The van der Waals surface area contributed by atoms with Crippen molar-refractivity contribution in [3.63, 3.8) is 0 Å². The highest BCUT2D eigenvalue weighted by Crippen LogP contribution is 2.16. The Hall–Kier alpha value is -1.13. The molecule has 0 radical (unpaired) electrons. The second-order valence-corrected chi connectivity index (χ2v) is 5.03. The zero-order valence-electron chi connectivity index (χ0n) is 11.8. The van der Waals surface area contributed by atoms with Crippen molar-refractivity contribution in [1.82, 2.24) is 10.2 Å². The summed E-state index contributed by atoms with van der Waals surface area (Å²) in [4.78, 5) is 14.2. The van der Waals surface area contributed by atoms with Crippen LogP contribution in [-0.2, 0) is 11.3 Å². The third-order valence-electron chi connectivity index (χ3n) is 3.60. The first kappa shape index (κ1) is 16.9. The van der Waals surface area contributed by atoms with Gasteiger partial charge < -0.3 is 10.2 Å². The first-order chi connectivity index (χ1) is 9.20. The lowest BCUT2D eigenvalue weighted by molar-refractivity contribution is -0.136. The van der Waals surface area contributed by atoms with E-state index in [1.165, 1.54) is 12.1 Å². The van der Waals surface area contributed by atoms with Gasteiger partial charge in [-0.05, 0) is 44.0 Å². The van der Waals surface area contributed by atoms with Crippen molar-refractivity contribution in [3.05, 3.63) is 35.6 Å². The van der Waals surface area contributed by atoms with E-state index in [2.05, 4.69) is 5.32 Å². The van der Waals surface area contributed by atoms with Gasteiger partial charge in [-0.15, -0.1) is 12.4 Å². The topological polar surface area (TPSA) is 32.3 Å². The van der Waals surface area contributed by atoms with Gasteiger partial charge in [-0.2, -0.15) is 0 Å². The molecule has 1 N–H and O–H groups in total. The van der Waals surface area contributed by atoms with Crippen LogP contribution in [0.15, 0.2) is 24.3 Å². The maximum Gasteiger partial charge on any atom is 0.227 e. The molecule has 1 aromatic carbocycles.